The minimum absolute atomic E-state index is 0.243. The van der Waals surface area contributed by atoms with Crippen molar-refractivity contribution < 1.29 is 14.5 Å². The van der Waals surface area contributed by atoms with Crippen molar-refractivity contribution in [3.8, 4) is 0 Å². The zero-order chi connectivity index (χ0) is 15.5. The molecule has 0 bridgehead atoms. The average molecular weight is 319 g/mol. The van der Waals surface area contributed by atoms with Gasteiger partial charge in [0.15, 0.2) is 11.6 Å². The van der Waals surface area contributed by atoms with Crippen LogP contribution in [0.25, 0.3) is 10.2 Å². The van der Waals surface area contributed by atoms with Crippen LogP contribution in [0.5, 0.6) is 0 Å². The summed E-state index contributed by atoms with van der Waals surface area (Å²) in [6.07, 6.45) is 2.10. The van der Waals surface area contributed by atoms with E-state index in [4.69, 9.17) is 4.98 Å². The van der Waals surface area contributed by atoms with Gasteiger partial charge in [0.25, 0.3) is 5.91 Å². The highest BCUT2D eigenvalue weighted by atomic mass is 32.1. The molecule has 2 heterocycles. The first-order chi connectivity index (χ1) is 10.7. The number of aromatic nitrogens is 1. The van der Waals surface area contributed by atoms with Crippen LogP contribution in [0.2, 0.25) is 0 Å². The third-order valence-electron chi connectivity index (χ3n) is 3.96. The Kier molecular flexibility index (Phi) is 4.35. The molecule has 0 aliphatic carbocycles. The number of urea groups is 1. The number of benzene rings is 1. The number of hydrogen-bond acceptors (Lipinski definition) is 4. The molecule has 3 amide bonds. The summed E-state index contributed by atoms with van der Waals surface area (Å²) in [5.74, 6) is -0.248. The van der Waals surface area contributed by atoms with Crippen molar-refractivity contribution in [3.05, 3.63) is 29.3 Å². The summed E-state index contributed by atoms with van der Waals surface area (Å²) in [7, 11) is 1.50. The van der Waals surface area contributed by atoms with Crippen molar-refractivity contribution in [2.75, 3.05) is 20.1 Å². The topological polar surface area (TPSA) is 75.5 Å². The molecule has 3 rings (SSSR count). The second kappa shape index (κ2) is 6.41. The molecule has 1 aliphatic heterocycles. The fourth-order valence-corrected chi connectivity index (χ4v) is 4.06. The van der Waals surface area contributed by atoms with Gasteiger partial charge in [-0.25, -0.2) is 9.78 Å². The number of rotatable bonds is 3. The normalized spacial score (nSPS) is 21.0. The van der Waals surface area contributed by atoms with Crippen LogP contribution in [0.3, 0.4) is 0 Å². The number of nitrogens with zero attached hydrogens (tertiary/aromatic N) is 1. The number of likely N-dealkylation sites (tertiary alicyclic amines) is 1. The molecular formula is C15H19N4O2S+. The Morgan fingerprint density at radius 1 is 1.41 bits per heavy atom. The zero-order valence-corrected chi connectivity index (χ0v) is 13.2. The predicted molar refractivity (Wildman–Crippen MR) is 84.9 cm³/mol. The van der Waals surface area contributed by atoms with Crippen LogP contribution in [0.15, 0.2) is 24.3 Å². The Hall–Kier alpha value is -1.99. The first-order valence-corrected chi connectivity index (χ1v) is 8.20. The van der Waals surface area contributed by atoms with Gasteiger partial charge >= 0.3 is 6.03 Å². The fraction of sp³-hybridized carbons (Fsp3) is 0.400. The molecule has 1 saturated heterocycles. The predicted octanol–water partition coefficient (Wildman–Crippen LogP) is 0.472. The molecule has 3 N–H and O–H groups in total. The lowest BCUT2D eigenvalue weighted by Crippen LogP contribution is -3.11. The number of fused-ring (bicyclic) bond motifs is 1. The van der Waals surface area contributed by atoms with Crippen LogP contribution in [0, 0.1) is 0 Å². The lowest BCUT2D eigenvalue weighted by atomic mass is 10.2. The van der Waals surface area contributed by atoms with Gasteiger partial charge in [0.1, 0.15) is 6.04 Å². The highest BCUT2D eigenvalue weighted by Gasteiger charge is 2.34. The van der Waals surface area contributed by atoms with E-state index in [1.165, 1.54) is 16.6 Å². The number of para-hydroxylation sites is 1. The SMILES string of the molecule is CNC(=O)NC(=O)C[NH+]1CCC[C@@H]1c1nc2ccccc2s1. The van der Waals surface area contributed by atoms with E-state index in [0.29, 0.717) is 6.54 Å². The third-order valence-corrected chi connectivity index (χ3v) is 5.11. The number of quaternary nitrogens is 1. The van der Waals surface area contributed by atoms with Gasteiger partial charge in [-0.3, -0.25) is 10.1 Å². The van der Waals surface area contributed by atoms with Crippen molar-refractivity contribution >= 4 is 33.5 Å². The van der Waals surface area contributed by atoms with Crippen LogP contribution in [-0.4, -0.2) is 37.1 Å². The Bertz CT molecular complexity index is 667. The summed E-state index contributed by atoms with van der Waals surface area (Å²) in [6, 6.07) is 7.88. The lowest BCUT2D eigenvalue weighted by molar-refractivity contribution is -0.910. The van der Waals surface area contributed by atoms with E-state index < -0.39 is 6.03 Å². The number of hydrogen-bond donors (Lipinski definition) is 3. The average Bonchev–Trinajstić information content (AvgIpc) is 3.12. The molecule has 7 heteroatoms. The molecular weight excluding hydrogens is 300 g/mol. The van der Waals surface area contributed by atoms with Gasteiger partial charge < -0.3 is 10.2 Å². The van der Waals surface area contributed by atoms with Crippen molar-refractivity contribution in [3.63, 3.8) is 0 Å². The number of nitrogens with one attached hydrogen (secondary N) is 3. The summed E-state index contributed by atoms with van der Waals surface area (Å²) in [5, 5.41) is 5.80. The van der Waals surface area contributed by atoms with Gasteiger partial charge in [-0.2, -0.15) is 0 Å². The maximum Gasteiger partial charge on any atom is 0.321 e. The molecule has 1 aliphatic rings. The molecule has 0 saturated carbocycles. The van der Waals surface area contributed by atoms with Crippen molar-refractivity contribution in [1.29, 1.82) is 0 Å². The maximum absolute atomic E-state index is 11.9. The van der Waals surface area contributed by atoms with E-state index >= 15 is 0 Å². The van der Waals surface area contributed by atoms with Gasteiger partial charge in [0.2, 0.25) is 0 Å². The van der Waals surface area contributed by atoms with Gasteiger partial charge in [-0.15, -0.1) is 11.3 Å². The molecule has 1 aromatic carbocycles. The maximum atomic E-state index is 11.9. The summed E-state index contributed by atoms with van der Waals surface area (Å²) in [5.41, 5.74) is 1.02. The standard InChI is InChI=1S/C15H18N4O2S/c1-16-15(21)18-13(20)9-19-8-4-6-11(19)14-17-10-5-2-3-7-12(10)22-14/h2-3,5,7,11H,4,6,8-9H2,1H3,(H2,16,18,20,21)/p+1/t11-/m1/s1. The van der Waals surface area contributed by atoms with Crippen LogP contribution in [0.1, 0.15) is 23.9 Å². The third kappa shape index (κ3) is 3.10. The van der Waals surface area contributed by atoms with E-state index in [2.05, 4.69) is 16.7 Å². The molecule has 1 unspecified atom stereocenters. The van der Waals surface area contributed by atoms with Crippen LogP contribution < -0.4 is 15.5 Å². The Balaban J connectivity index is 1.72. The Morgan fingerprint density at radius 3 is 3.00 bits per heavy atom. The zero-order valence-electron chi connectivity index (χ0n) is 12.4. The van der Waals surface area contributed by atoms with E-state index in [0.717, 1.165) is 29.9 Å². The van der Waals surface area contributed by atoms with E-state index in [-0.39, 0.29) is 11.9 Å². The number of amides is 3. The highest BCUT2D eigenvalue weighted by molar-refractivity contribution is 7.18. The molecule has 1 fully saturated rings. The summed E-state index contributed by atoms with van der Waals surface area (Å²) in [6.45, 7) is 1.23. The van der Waals surface area contributed by atoms with Crippen molar-refractivity contribution in [2.24, 2.45) is 0 Å². The first kappa shape index (κ1) is 14.9. The number of carbonyl (C=O) groups excluding carboxylic acids is 2. The molecule has 0 spiro atoms. The number of thiazole rings is 1. The second-order valence-electron chi connectivity index (χ2n) is 5.43. The quantitative estimate of drug-likeness (QED) is 0.770. The monoisotopic (exact) mass is 319 g/mol. The molecule has 2 aromatic rings. The van der Waals surface area contributed by atoms with Gasteiger partial charge in [-0.05, 0) is 12.1 Å². The van der Waals surface area contributed by atoms with Crippen molar-refractivity contribution in [2.45, 2.75) is 18.9 Å². The summed E-state index contributed by atoms with van der Waals surface area (Å²) >= 11 is 1.70. The first-order valence-electron chi connectivity index (χ1n) is 7.39. The molecule has 0 radical (unpaired) electrons. The van der Waals surface area contributed by atoms with Crippen molar-refractivity contribution in [1.82, 2.24) is 15.6 Å². The summed E-state index contributed by atoms with van der Waals surface area (Å²) < 4.78 is 1.18. The number of imide groups is 1. The Morgan fingerprint density at radius 2 is 2.23 bits per heavy atom. The van der Waals surface area contributed by atoms with Gasteiger partial charge in [-0.1, -0.05) is 12.1 Å². The van der Waals surface area contributed by atoms with E-state index in [1.807, 2.05) is 18.2 Å². The second-order valence-corrected chi connectivity index (χ2v) is 6.49. The summed E-state index contributed by atoms with van der Waals surface area (Å²) in [4.78, 5) is 29.0. The van der Waals surface area contributed by atoms with E-state index in [9.17, 15) is 9.59 Å². The molecule has 1 aromatic heterocycles. The molecule has 22 heavy (non-hydrogen) atoms. The largest absolute Gasteiger partial charge is 0.341 e. The van der Waals surface area contributed by atoms with Crippen LogP contribution in [0.4, 0.5) is 4.79 Å². The van der Waals surface area contributed by atoms with Crippen LogP contribution in [-0.2, 0) is 4.79 Å². The van der Waals surface area contributed by atoms with Crippen LogP contribution >= 0.6 is 11.3 Å². The Labute approximate surface area is 132 Å². The van der Waals surface area contributed by atoms with Gasteiger partial charge in [0.05, 0.1) is 16.8 Å². The number of carbonyl (C=O) groups is 2. The smallest absolute Gasteiger partial charge is 0.321 e. The minimum atomic E-state index is -0.458. The molecule has 116 valence electrons. The van der Waals surface area contributed by atoms with Gasteiger partial charge in [0, 0.05) is 19.9 Å². The minimum Gasteiger partial charge on any atom is -0.341 e. The van der Waals surface area contributed by atoms with E-state index in [1.54, 1.807) is 11.3 Å². The lowest BCUT2D eigenvalue weighted by Gasteiger charge is -2.18. The molecule has 6 nitrogen and oxygen atoms in total. The molecule has 2 atom stereocenters. The highest BCUT2D eigenvalue weighted by Crippen LogP contribution is 2.28. The fourth-order valence-electron chi connectivity index (χ4n) is 2.90.